The Morgan fingerprint density at radius 2 is 1.55 bits per heavy atom. The first kappa shape index (κ1) is 21.6. The molecule has 0 amide bonds. The molecule has 0 radical (unpaired) electrons. The van der Waals surface area contributed by atoms with Crippen molar-refractivity contribution in [1.82, 2.24) is 10.3 Å². The minimum Gasteiger partial charge on any atom is -0.481 e. The van der Waals surface area contributed by atoms with Crippen molar-refractivity contribution in [2.75, 3.05) is 7.11 Å². The third-order valence-electron chi connectivity index (χ3n) is 6.11. The van der Waals surface area contributed by atoms with E-state index in [0.717, 1.165) is 20.9 Å². The van der Waals surface area contributed by atoms with Crippen LogP contribution < -0.4 is 10.1 Å². The molecule has 1 N–H and O–H groups in total. The maximum absolute atomic E-state index is 5.78. The third-order valence-corrected chi connectivity index (χ3v) is 6.61. The second kappa shape index (κ2) is 9.34. The van der Waals surface area contributed by atoms with Gasteiger partial charge in [0.1, 0.15) is 0 Å². The van der Waals surface area contributed by atoms with Crippen LogP contribution >= 0.6 is 15.9 Å². The number of aromatic nitrogens is 1. The summed E-state index contributed by atoms with van der Waals surface area (Å²) in [5, 5.41) is 7.46. The number of halogens is 1. The van der Waals surface area contributed by atoms with E-state index in [1.165, 1.54) is 21.9 Å². The topological polar surface area (TPSA) is 34.1 Å². The molecule has 1 aromatic heterocycles. The minimum absolute atomic E-state index is 0.0917. The SMILES string of the molecule is COc1nc2ccc(Br)cc2cc1[C@H](N[C@@H](C)c1cccc2ccccc12)c1ccccc1. The standard InChI is InChI=1S/C29H25BrN2O/c1-19(24-14-8-12-20-9-6-7-13-25(20)24)31-28(21-10-4-3-5-11-21)26-18-22-17-23(30)15-16-27(22)32-29(26)33-2/h3-19,28,31H,1-2H3/t19-,28+/m0/s1. The van der Waals surface area contributed by atoms with Crippen LogP contribution in [0.1, 0.15) is 35.7 Å². The van der Waals surface area contributed by atoms with E-state index in [9.17, 15) is 0 Å². The van der Waals surface area contributed by atoms with Gasteiger partial charge in [-0.05, 0) is 53.1 Å². The van der Waals surface area contributed by atoms with Crippen molar-refractivity contribution in [3.63, 3.8) is 0 Å². The Morgan fingerprint density at radius 1 is 0.788 bits per heavy atom. The molecule has 0 aliphatic rings. The van der Waals surface area contributed by atoms with Crippen molar-refractivity contribution in [3.8, 4) is 5.88 Å². The fraction of sp³-hybridized carbons (Fsp3) is 0.138. The number of nitrogens with zero attached hydrogens (tertiary/aromatic N) is 1. The Kier molecular flexibility index (Phi) is 6.12. The zero-order valence-corrected chi connectivity index (χ0v) is 20.2. The number of hydrogen-bond donors (Lipinski definition) is 1. The van der Waals surface area contributed by atoms with Gasteiger partial charge in [0.2, 0.25) is 5.88 Å². The molecule has 2 atom stereocenters. The molecule has 4 heteroatoms. The molecule has 4 aromatic carbocycles. The van der Waals surface area contributed by atoms with Gasteiger partial charge in [-0.1, -0.05) is 88.7 Å². The van der Waals surface area contributed by atoms with Gasteiger partial charge in [0.05, 0.1) is 18.7 Å². The molecule has 5 aromatic rings. The molecule has 5 rings (SSSR count). The number of pyridine rings is 1. The van der Waals surface area contributed by atoms with Gasteiger partial charge in [0.25, 0.3) is 0 Å². The molecule has 0 aliphatic heterocycles. The van der Waals surface area contributed by atoms with E-state index in [1.54, 1.807) is 7.11 Å². The highest BCUT2D eigenvalue weighted by molar-refractivity contribution is 9.10. The smallest absolute Gasteiger partial charge is 0.218 e. The summed E-state index contributed by atoms with van der Waals surface area (Å²) in [5.41, 5.74) is 4.36. The van der Waals surface area contributed by atoms with Crippen molar-refractivity contribution >= 4 is 37.6 Å². The highest BCUT2D eigenvalue weighted by atomic mass is 79.9. The molecule has 1 heterocycles. The van der Waals surface area contributed by atoms with Crippen LogP contribution in [0.4, 0.5) is 0 Å². The van der Waals surface area contributed by atoms with Crippen LogP contribution in [-0.2, 0) is 0 Å². The van der Waals surface area contributed by atoms with E-state index in [-0.39, 0.29) is 12.1 Å². The van der Waals surface area contributed by atoms with Gasteiger partial charge < -0.3 is 4.74 Å². The van der Waals surface area contributed by atoms with Crippen molar-refractivity contribution in [2.24, 2.45) is 0 Å². The van der Waals surface area contributed by atoms with E-state index in [0.29, 0.717) is 5.88 Å². The summed E-state index contributed by atoms with van der Waals surface area (Å²) >= 11 is 3.59. The maximum Gasteiger partial charge on any atom is 0.218 e. The Morgan fingerprint density at radius 3 is 2.36 bits per heavy atom. The summed E-state index contributed by atoms with van der Waals surface area (Å²) in [4.78, 5) is 4.83. The Balaban J connectivity index is 1.63. The second-order valence-corrected chi connectivity index (χ2v) is 9.14. The molecular weight excluding hydrogens is 472 g/mol. The van der Waals surface area contributed by atoms with Crippen molar-refractivity contribution in [1.29, 1.82) is 0 Å². The summed E-state index contributed by atoms with van der Waals surface area (Å²) in [6, 6.07) is 33.8. The number of nitrogens with one attached hydrogen (secondary N) is 1. The van der Waals surface area contributed by atoms with Gasteiger partial charge in [-0.3, -0.25) is 5.32 Å². The summed E-state index contributed by atoms with van der Waals surface area (Å²) < 4.78 is 6.81. The van der Waals surface area contributed by atoms with Crippen LogP contribution in [0.2, 0.25) is 0 Å². The molecule has 0 unspecified atom stereocenters. The number of ether oxygens (including phenoxy) is 1. The molecule has 0 saturated heterocycles. The molecule has 3 nitrogen and oxygen atoms in total. The van der Waals surface area contributed by atoms with E-state index in [4.69, 9.17) is 9.72 Å². The predicted octanol–water partition coefficient (Wildman–Crippen LogP) is 7.60. The number of methoxy groups -OCH3 is 1. The predicted molar refractivity (Wildman–Crippen MR) is 140 cm³/mol. The quantitative estimate of drug-likeness (QED) is 0.262. The van der Waals surface area contributed by atoms with E-state index < -0.39 is 0 Å². The largest absolute Gasteiger partial charge is 0.481 e. The average Bonchev–Trinajstić information content (AvgIpc) is 2.86. The first-order chi connectivity index (χ1) is 16.1. The van der Waals surface area contributed by atoms with E-state index >= 15 is 0 Å². The molecule has 0 bridgehead atoms. The zero-order valence-electron chi connectivity index (χ0n) is 18.6. The average molecular weight is 497 g/mol. The fourth-order valence-electron chi connectivity index (χ4n) is 4.50. The van der Waals surface area contributed by atoms with Crippen LogP contribution in [0.3, 0.4) is 0 Å². The first-order valence-electron chi connectivity index (χ1n) is 11.1. The highest BCUT2D eigenvalue weighted by Gasteiger charge is 2.23. The van der Waals surface area contributed by atoms with Gasteiger partial charge in [-0.2, -0.15) is 0 Å². The lowest BCUT2D eigenvalue weighted by Gasteiger charge is -2.26. The molecule has 0 fully saturated rings. The lowest BCUT2D eigenvalue weighted by atomic mass is 9.94. The van der Waals surface area contributed by atoms with Crippen LogP contribution in [0.5, 0.6) is 5.88 Å². The van der Waals surface area contributed by atoms with Crippen LogP contribution in [-0.4, -0.2) is 12.1 Å². The molecule has 0 saturated carbocycles. The Hall–Kier alpha value is -3.21. The van der Waals surface area contributed by atoms with Gasteiger partial charge >= 0.3 is 0 Å². The summed E-state index contributed by atoms with van der Waals surface area (Å²) in [6.45, 7) is 2.22. The Bertz CT molecular complexity index is 1410. The number of fused-ring (bicyclic) bond motifs is 2. The molecule has 164 valence electrons. The van der Waals surface area contributed by atoms with Crippen LogP contribution in [0, 0.1) is 0 Å². The molecular formula is C29H25BrN2O. The highest BCUT2D eigenvalue weighted by Crippen LogP contribution is 2.35. The lowest BCUT2D eigenvalue weighted by Crippen LogP contribution is -2.26. The fourth-order valence-corrected chi connectivity index (χ4v) is 4.87. The summed E-state index contributed by atoms with van der Waals surface area (Å²) in [6.07, 6.45) is 0. The van der Waals surface area contributed by atoms with Crippen LogP contribution in [0.15, 0.2) is 102 Å². The zero-order chi connectivity index (χ0) is 22.8. The Labute approximate surface area is 202 Å². The lowest BCUT2D eigenvalue weighted by molar-refractivity contribution is 0.385. The second-order valence-electron chi connectivity index (χ2n) is 8.22. The van der Waals surface area contributed by atoms with Crippen molar-refractivity contribution in [2.45, 2.75) is 19.0 Å². The maximum atomic E-state index is 5.78. The van der Waals surface area contributed by atoms with E-state index in [2.05, 4.69) is 107 Å². The van der Waals surface area contributed by atoms with Gasteiger partial charge in [-0.15, -0.1) is 0 Å². The molecule has 0 aliphatic carbocycles. The monoisotopic (exact) mass is 496 g/mol. The van der Waals surface area contributed by atoms with Crippen molar-refractivity contribution < 1.29 is 4.74 Å². The third kappa shape index (κ3) is 4.37. The van der Waals surface area contributed by atoms with Gasteiger partial charge in [-0.25, -0.2) is 4.98 Å². The van der Waals surface area contributed by atoms with Gasteiger partial charge in [0.15, 0.2) is 0 Å². The van der Waals surface area contributed by atoms with Crippen LogP contribution in [0.25, 0.3) is 21.7 Å². The first-order valence-corrected chi connectivity index (χ1v) is 11.9. The van der Waals surface area contributed by atoms with Gasteiger partial charge in [0, 0.05) is 21.5 Å². The molecule has 33 heavy (non-hydrogen) atoms. The number of benzene rings is 4. The summed E-state index contributed by atoms with van der Waals surface area (Å²) in [7, 11) is 1.69. The number of rotatable bonds is 6. The normalized spacial score (nSPS) is 13.2. The summed E-state index contributed by atoms with van der Waals surface area (Å²) in [5.74, 6) is 0.635. The van der Waals surface area contributed by atoms with Crippen molar-refractivity contribution in [3.05, 3.63) is 118 Å². The van der Waals surface area contributed by atoms with E-state index in [1.807, 2.05) is 18.2 Å². The number of hydrogen-bond acceptors (Lipinski definition) is 3. The molecule has 0 spiro atoms. The minimum atomic E-state index is -0.0917.